The normalized spacial score (nSPS) is 15.9. The van der Waals surface area contributed by atoms with Gasteiger partial charge in [0.25, 0.3) is 0 Å². The molecule has 0 saturated carbocycles. The summed E-state index contributed by atoms with van der Waals surface area (Å²) in [6, 6.07) is 0. The van der Waals surface area contributed by atoms with E-state index in [0.717, 1.165) is 11.8 Å². The Bertz CT molecular complexity index is 209. The Morgan fingerprint density at radius 3 is 2.40 bits per heavy atom. The smallest absolute Gasteiger partial charge is 0.392 e. The van der Waals surface area contributed by atoms with E-state index in [2.05, 4.69) is 0 Å². The number of rotatable bonds is 5. The number of carbonyl (C=O) groups is 1. The molecule has 2 N–H and O–H groups in total. The zero-order valence-corrected chi connectivity index (χ0v) is 9.28. The van der Waals surface area contributed by atoms with E-state index in [4.69, 9.17) is 5.11 Å². The summed E-state index contributed by atoms with van der Waals surface area (Å²) < 4.78 is 35.0. The summed E-state index contributed by atoms with van der Waals surface area (Å²) in [5, 5.41) is 10.6. The summed E-state index contributed by atoms with van der Waals surface area (Å²) >= 11 is 1.11. The van der Waals surface area contributed by atoms with E-state index in [1.165, 1.54) is 0 Å². The van der Waals surface area contributed by atoms with E-state index in [9.17, 15) is 18.0 Å². The summed E-state index contributed by atoms with van der Waals surface area (Å²) in [4.78, 5) is 10.9. The van der Waals surface area contributed by atoms with Gasteiger partial charge in [0.15, 0.2) is 0 Å². The third-order valence-corrected chi connectivity index (χ3v) is 2.99. The largest absolute Gasteiger partial charge is 0.405 e. The molecule has 0 aromatic carbocycles. The molecule has 90 valence electrons. The van der Waals surface area contributed by atoms with Crippen LogP contribution in [-0.2, 0) is 4.79 Å². The van der Waals surface area contributed by atoms with Gasteiger partial charge in [-0.25, -0.2) is 0 Å². The molecule has 1 amide bonds. The van der Waals surface area contributed by atoms with Gasteiger partial charge >= 0.3 is 6.18 Å². The number of halogens is 3. The van der Waals surface area contributed by atoms with E-state index < -0.39 is 24.7 Å². The molecule has 0 aromatic rings. The summed E-state index contributed by atoms with van der Waals surface area (Å²) in [6.45, 7) is 1.95. The Morgan fingerprint density at radius 1 is 1.47 bits per heavy atom. The topological polar surface area (TPSA) is 49.3 Å². The van der Waals surface area contributed by atoms with Crippen LogP contribution in [0.25, 0.3) is 0 Å². The minimum absolute atomic E-state index is 0.0812. The molecule has 0 aliphatic heterocycles. The second kappa shape index (κ2) is 6.22. The van der Waals surface area contributed by atoms with Crippen LogP contribution in [0.2, 0.25) is 0 Å². The van der Waals surface area contributed by atoms with Gasteiger partial charge in [-0.05, 0) is 6.92 Å². The highest BCUT2D eigenvalue weighted by Gasteiger charge is 2.27. The molecule has 0 saturated heterocycles. The quantitative estimate of drug-likeness (QED) is 0.764. The number of alkyl halides is 3. The molecule has 3 nitrogen and oxygen atoms in total. The standard InChI is InChI=1S/C8H14F3NO2S/c1-5(13)6(2)15-3-7(14)12-4-8(9,10)11/h5-6,13H,3-4H2,1-2H3,(H,12,14). The summed E-state index contributed by atoms with van der Waals surface area (Å²) in [7, 11) is 0. The Hall–Kier alpha value is -0.430. The van der Waals surface area contributed by atoms with Crippen molar-refractivity contribution in [2.45, 2.75) is 31.4 Å². The maximum Gasteiger partial charge on any atom is 0.405 e. The molecule has 0 spiro atoms. The number of hydrogen-bond donors (Lipinski definition) is 2. The van der Waals surface area contributed by atoms with Gasteiger partial charge in [0.1, 0.15) is 6.54 Å². The van der Waals surface area contributed by atoms with E-state index in [0.29, 0.717) is 0 Å². The monoisotopic (exact) mass is 245 g/mol. The predicted octanol–water partition coefficient (Wildman–Crippen LogP) is 1.17. The van der Waals surface area contributed by atoms with Crippen molar-refractivity contribution in [2.24, 2.45) is 0 Å². The van der Waals surface area contributed by atoms with Gasteiger partial charge in [-0.2, -0.15) is 13.2 Å². The maximum atomic E-state index is 11.7. The van der Waals surface area contributed by atoms with Gasteiger partial charge in [-0.1, -0.05) is 6.92 Å². The van der Waals surface area contributed by atoms with Crippen LogP contribution in [0.1, 0.15) is 13.8 Å². The third kappa shape index (κ3) is 8.56. The molecule has 0 bridgehead atoms. The first kappa shape index (κ1) is 14.6. The molecular weight excluding hydrogens is 231 g/mol. The van der Waals surface area contributed by atoms with E-state index in [1.807, 2.05) is 0 Å². The number of nitrogens with one attached hydrogen (secondary N) is 1. The second-order valence-electron chi connectivity index (χ2n) is 3.15. The molecule has 0 aromatic heterocycles. The van der Waals surface area contributed by atoms with Crippen LogP contribution in [-0.4, -0.2) is 40.8 Å². The van der Waals surface area contributed by atoms with Gasteiger partial charge in [0.2, 0.25) is 5.91 Å². The first-order chi connectivity index (χ1) is 6.72. The fourth-order valence-corrected chi connectivity index (χ4v) is 1.39. The molecular formula is C8H14F3NO2S. The Balaban J connectivity index is 3.67. The van der Waals surface area contributed by atoms with Gasteiger partial charge in [-0.15, -0.1) is 11.8 Å². The summed E-state index contributed by atoms with van der Waals surface area (Å²) in [5.74, 6) is -0.757. The SMILES string of the molecule is CC(O)C(C)SCC(=O)NCC(F)(F)F. The average molecular weight is 245 g/mol. The van der Waals surface area contributed by atoms with E-state index >= 15 is 0 Å². The van der Waals surface area contributed by atoms with E-state index in [1.54, 1.807) is 19.2 Å². The highest BCUT2D eigenvalue weighted by molar-refractivity contribution is 8.00. The fourth-order valence-electron chi connectivity index (χ4n) is 0.596. The molecule has 2 atom stereocenters. The zero-order chi connectivity index (χ0) is 12.1. The molecule has 7 heteroatoms. The molecule has 0 aliphatic rings. The summed E-state index contributed by atoms with van der Waals surface area (Å²) in [5.41, 5.74) is 0. The van der Waals surface area contributed by atoms with Crippen LogP contribution in [0, 0.1) is 0 Å². The van der Waals surface area contributed by atoms with Gasteiger partial charge in [0, 0.05) is 5.25 Å². The summed E-state index contributed by atoms with van der Waals surface area (Å²) in [6.07, 6.45) is -4.97. The Morgan fingerprint density at radius 2 is 2.00 bits per heavy atom. The lowest BCUT2D eigenvalue weighted by atomic mass is 10.3. The number of hydrogen-bond acceptors (Lipinski definition) is 3. The van der Waals surface area contributed by atoms with Crippen LogP contribution >= 0.6 is 11.8 Å². The molecule has 0 heterocycles. The predicted molar refractivity (Wildman–Crippen MR) is 52.7 cm³/mol. The minimum Gasteiger partial charge on any atom is -0.392 e. The number of thioether (sulfide) groups is 1. The van der Waals surface area contributed by atoms with Crippen molar-refractivity contribution in [1.29, 1.82) is 0 Å². The lowest BCUT2D eigenvalue weighted by Gasteiger charge is -2.14. The van der Waals surface area contributed by atoms with E-state index in [-0.39, 0.29) is 11.0 Å². The Kier molecular flexibility index (Phi) is 6.04. The third-order valence-electron chi connectivity index (χ3n) is 1.64. The second-order valence-corrected chi connectivity index (χ2v) is 4.51. The zero-order valence-electron chi connectivity index (χ0n) is 8.47. The highest BCUT2D eigenvalue weighted by atomic mass is 32.2. The van der Waals surface area contributed by atoms with Crippen LogP contribution in [0.5, 0.6) is 0 Å². The lowest BCUT2D eigenvalue weighted by molar-refractivity contribution is -0.136. The number of amides is 1. The molecule has 0 rings (SSSR count). The van der Waals surface area contributed by atoms with Crippen molar-refractivity contribution in [3.05, 3.63) is 0 Å². The maximum absolute atomic E-state index is 11.7. The lowest BCUT2D eigenvalue weighted by Crippen LogP contribution is -2.35. The van der Waals surface area contributed by atoms with Crippen LogP contribution < -0.4 is 5.32 Å². The van der Waals surface area contributed by atoms with Gasteiger partial charge in [-0.3, -0.25) is 4.79 Å². The molecule has 2 unspecified atom stereocenters. The first-order valence-electron chi connectivity index (χ1n) is 4.35. The first-order valence-corrected chi connectivity index (χ1v) is 5.40. The molecule has 0 radical (unpaired) electrons. The average Bonchev–Trinajstić information content (AvgIpc) is 2.09. The van der Waals surface area contributed by atoms with Crippen molar-refractivity contribution < 1.29 is 23.1 Å². The number of aliphatic hydroxyl groups excluding tert-OH is 1. The van der Waals surface area contributed by atoms with Crippen LogP contribution in [0.3, 0.4) is 0 Å². The number of aliphatic hydroxyl groups is 1. The van der Waals surface area contributed by atoms with Crippen LogP contribution in [0.4, 0.5) is 13.2 Å². The molecule has 15 heavy (non-hydrogen) atoms. The highest BCUT2D eigenvalue weighted by Crippen LogP contribution is 2.15. The Labute approximate surface area is 90.4 Å². The van der Waals surface area contributed by atoms with Crippen molar-refractivity contribution >= 4 is 17.7 Å². The molecule has 0 fully saturated rings. The van der Waals surface area contributed by atoms with Crippen molar-refractivity contribution in [1.82, 2.24) is 5.32 Å². The fraction of sp³-hybridized carbons (Fsp3) is 0.875. The van der Waals surface area contributed by atoms with Gasteiger partial charge < -0.3 is 10.4 Å². The van der Waals surface area contributed by atoms with Gasteiger partial charge in [0.05, 0.1) is 11.9 Å². The van der Waals surface area contributed by atoms with Crippen molar-refractivity contribution in [3.63, 3.8) is 0 Å². The van der Waals surface area contributed by atoms with Crippen molar-refractivity contribution in [2.75, 3.05) is 12.3 Å². The number of carbonyl (C=O) groups excluding carboxylic acids is 1. The van der Waals surface area contributed by atoms with Crippen LogP contribution in [0.15, 0.2) is 0 Å². The molecule has 0 aliphatic carbocycles. The van der Waals surface area contributed by atoms with Crippen molar-refractivity contribution in [3.8, 4) is 0 Å². The minimum atomic E-state index is -4.38.